The zero-order valence-electron chi connectivity index (χ0n) is 49.9. The van der Waals surface area contributed by atoms with E-state index < -0.39 is 0 Å². The molecule has 5 aliphatic rings. The van der Waals surface area contributed by atoms with Gasteiger partial charge in [-0.2, -0.15) is 0 Å². The van der Waals surface area contributed by atoms with Crippen LogP contribution >= 0.6 is 0 Å². The molecule has 0 fully saturated rings. The number of amides is 5. The first-order chi connectivity index (χ1) is 42.0. The molecule has 5 amide bonds. The van der Waals surface area contributed by atoms with Crippen LogP contribution in [0.1, 0.15) is 98.8 Å². The van der Waals surface area contributed by atoms with E-state index in [1.165, 1.54) is 12.2 Å². The summed E-state index contributed by atoms with van der Waals surface area (Å²) in [6.07, 6.45) is 15.3. The van der Waals surface area contributed by atoms with Gasteiger partial charge in [0.25, 0.3) is 23.6 Å². The van der Waals surface area contributed by atoms with E-state index in [0.717, 1.165) is 48.2 Å². The normalized spacial score (nSPS) is 16.7. The third-order valence-corrected chi connectivity index (χ3v) is 14.1. The fourth-order valence-electron chi connectivity index (χ4n) is 9.57. The van der Waals surface area contributed by atoms with Gasteiger partial charge in [-0.25, -0.2) is 0 Å². The van der Waals surface area contributed by atoms with Crippen LogP contribution in [0.25, 0.3) is 0 Å². The Balaban J connectivity index is 0.652. The van der Waals surface area contributed by atoms with Gasteiger partial charge in [-0.1, -0.05) is 11.1 Å². The molecule has 24 nitrogen and oxygen atoms in total. The number of hydrogen-bond donors (Lipinski definition) is 1. The monoisotopic (exact) mass is 1200 g/mol. The van der Waals surface area contributed by atoms with Crippen molar-refractivity contribution >= 4 is 59.1 Å². The Hall–Kier alpha value is -6.90. The van der Waals surface area contributed by atoms with Crippen molar-refractivity contribution in [1.82, 2.24) is 20.0 Å². The number of ether oxygens (including phenoxy) is 12. The first-order valence-electron chi connectivity index (χ1n) is 29.8. The van der Waals surface area contributed by atoms with Crippen molar-refractivity contribution < 1.29 is 85.6 Å². The molecule has 2 atom stereocenters. The Labute approximate surface area is 503 Å². The molecule has 470 valence electrons. The average molecular weight is 1200 g/mol. The number of ketones is 1. The van der Waals surface area contributed by atoms with Crippen LogP contribution in [-0.4, -0.2) is 220 Å². The first-order valence-corrected chi connectivity index (χ1v) is 29.8. The number of aliphatic imine (C=N–C) groups is 2. The smallest absolute Gasteiger partial charge is 0.260 e. The average Bonchev–Trinajstić information content (AvgIpc) is 3.15. The van der Waals surface area contributed by atoms with E-state index >= 15 is 0 Å². The highest BCUT2D eigenvalue weighted by Crippen LogP contribution is 2.40. The second-order valence-electron chi connectivity index (χ2n) is 20.8. The Morgan fingerprint density at radius 2 is 0.907 bits per heavy atom. The molecule has 5 aliphatic heterocycles. The van der Waals surface area contributed by atoms with Crippen LogP contribution in [0, 0.1) is 0 Å². The molecule has 5 heterocycles. The third-order valence-electron chi connectivity index (χ3n) is 14.1. The van der Waals surface area contributed by atoms with Crippen LogP contribution in [0.15, 0.2) is 69.9 Å². The van der Waals surface area contributed by atoms with Crippen molar-refractivity contribution in [3.63, 3.8) is 0 Å². The van der Waals surface area contributed by atoms with Crippen molar-refractivity contribution in [2.45, 2.75) is 90.1 Å². The van der Waals surface area contributed by atoms with Gasteiger partial charge in [0.05, 0.1) is 161 Å². The van der Waals surface area contributed by atoms with E-state index in [4.69, 9.17) is 61.8 Å². The van der Waals surface area contributed by atoms with Crippen LogP contribution in [0.3, 0.4) is 0 Å². The number of hydrogen-bond acceptors (Lipinski definition) is 20. The minimum Gasteiger partial charge on any atom is -0.493 e. The molecule has 24 heteroatoms. The van der Waals surface area contributed by atoms with Gasteiger partial charge in [0, 0.05) is 88.1 Å². The lowest BCUT2D eigenvalue weighted by molar-refractivity contribution is -0.137. The zero-order chi connectivity index (χ0) is 60.7. The van der Waals surface area contributed by atoms with Crippen LogP contribution in [0.2, 0.25) is 0 Å². The molecule has 0 spiro atoms. The van der Waals surface area contributed by atoms with E-state index in [1.54, 1.807) is 41.2 Å². The molecule has 0 aromatic heterocycles. The summed E-state index contributed by atoms with van der Waals surface area (Å²) < 4.78 is 68.5. The number of unbranched alkanes of at least 4 members (excludes halogenated alkanes) is 2. The summed E-state index contributed by atoms with van der Waals surface area (Å²) in [5, 5.41) is 2.91. The lowest BCUT2D eigenvalue weighted by atomic mass is 10.1. The van der Waals surface area contributed by atoms with E-state index in [9.17, 15) is 28.8 Å². The Morgan fingerprint density at radius 3 is 1.38 bits per heavy atom. The van der Waals surface area contributed by atoms with Crippen molar-refractivity contribution in [3.05, 3.63) is 71.1 Å². The number of fused-ring (bicyclic) bond motifs is 4. The summed E-state index contributed by atoms with van der Waals surface area (Å²) in [6, 6.07) is 6.68. The topological polar surface area (TPSA) is 260 Å². The highest BCUT2D eigenvalue weighted by molar-refractivity contribution is 6.13. The van der Waals surface area contributed by atoms with Gasteiger partial charge < -0.3 is 72.0 Å². The molecule has 7 rings (SSSR count). The predicted octanol–water partition coefficient (Wildman–Crippen LogP) is 6.06. The molecule has 86 heavy (non-hydrogen) atoms. The van der Waals surface area contributed by atoms with Gasteiger partial charge in [0.15, 0.2) is 23.0 Å². The summed E-state index contributed by atoms with van der Waals surface area (Å²) in [5.41, 5.74) is 4.19. The van der Waals surface area contributed by atoms with Gasteiger partial charge in [-0.3, -0.25) is 43.7 Å². The number of rotatable bonds is 45. The number of benzene rings is 2. The number of imide groups is 1. The Bertz CT molecular complexity index is 2710. The molecule has 0 bridgehead atoms. The van der Waals surface area contributed by atoms with Gasteiger partial charge in [-0.15, -0.1) is 0 Å². The zero-order valence-corrected chi connectivity index (χ0v) is 49.9. The molecule has 0 saturated carbocycles. The number of nitrogens with zero attached hydrogens (tertiary/aromatic N) is 5. The molecular formula is C62H84N6O18. The summed E-state index contributed by atoms with van der Waals surface area (Å²) in [5.74, 6) is 0.694. The van der Waals surface area contributed by atoms with Crippen molar-refractivity contribution in [2.24, 2.45) is 9.98 Å². The minimum atomic E-state index is -0.380. The molecule has 0 radical (unpaired) electrons. The van der Waals surface area contributed by atoms with Crippen LogP contribution in [0.5, 0.6) is 23.0 Å². The second kappa shape index (κ2) is 36.9. The van der Waals surface area contributed by atoms with E-state index in [2.05, 4.69) is 10.3 Å². The number of carbonyl (C=O) groups excluding carboxylic acids is 6. The maximum atomic E-state index is 13.7. The number of nitrogens with one attached hydrogen (secondary N) is 1. The molecule has 0 unspecified atom stereocenters. The number of carbonyl (C=O) groups is 6. The lowest BCUT2D eigenvalue weighted by Gasteiger charge is -2.19. The third kappa shape index (κ3) is 21.8. The first kappa shape index (κ1) is 66.6. The van der Waals surface area contributed by atoms with Crippen LogP contribution < -0.4 is 24.3 Å². The molecular weight excluding hydrogens is 1120 g/mol. The quantitative estimate of drug-likeness (QED) is 0.0583. The van der Waals surface area contributed by atoms with Crippen molar-refractivity contribution in [2.75, 3.05) is 146 Å². The van der Waals surface area contributed by atoms with Crippen molar-refractivity contribution in [3.8, 4) is 23.0 Å². The highest BCUT2D eigenvalue weighted by Gasteiger charge is 2.34. The van der Waals surface area contributed by atoms with Crippen molar-refractivity contribution in [1.29, 1.82) is 0 Å². The molecule has 0 aliphatic carbocycles. The number of Topliss-reactive ketones (excluding diaryl/α,β-unsaturated/α-hetero) is 1. The Morgan fingerprint density at radius 1 is 0.488 bits per heavy atom. The van der Waals surface area contributed by atoms with Gasteiger partial charge in [-0.05, 0) is 70.9 Å². The fourth-order valence-corrected chi connectivity index (χ4v) is 9.57. The van der Waals surface area contributed by atoms with Crippen LogP contribution in [-0.2, 0) is 57.1 Å². The lowest BCUT2D eigenvalue weighted by Crippen LogP contribution is -2.32. The molecule has 2 aromatic rings. The van der Waals surface area contributed by atoms with E-state index in [0.29, 0.717) is 184 Å². The maximum Gasteiger partial charge on any atom is 0.260 e. The largest absolute Gasteiger partial charge is 0.493 e. The summed E-state index contributed by atoms with van der Waals surface area (Å²) >= 11 is 0. The van der Waals surface area contributed by atoms with E-state index in [1.807, 2.05) is 38.7 Å². The molecule has 0 saturated heterocycles. The Kier molecular flexibility index (Phi) is 28.6. The second-order valence-corrected chi connectivity index (χ2v) is 20.8. The van der Waals surface area contributed by atoms with Gasteiger partial charge in [0.1, 0.15) is 5.78 Å². The maximum absolute atomic E-state index is 13.7. The van der Waals surface area contributed by atoms with Gasteiger partial charge >= 0.3 is 0 Å². The minimum absolute atomic E-state index is 0.0168. The summed E-state index contributed by atoms with van der Waals surface area (Å²) in [4.78, 5) is 88.5. The number of methoxy groups -OCH3 is 1. The molecule has 2 aromatic carbocycles. The van der Waals surface area contributed by atoms with E-state index in [-0.39, 0.29) is 80.0 Å². The SMILES string of the molecule is COc1cc2c(cc1OCCCCCOc1cc3c(cc1OCCCNC(=O)CCOCCOCCOCCOCCOCCOCCOCCOCCCC(=O)CCN1C(=O)C=CC1=O)C(=O)N1C=C(C)C[C@H]1C=N3)N=C[C@@H]1CC(C)=CN1C2=O. The summed E-state index contributed by atoms with van der Waals surface area (Å²) in [6.45, 7) is 12.0. The highest BCUT2D eigenvalue weighted by atomic mass is 16.6. The van der Waals surface area contributed by atoms with Crippen LogP contribution in [0.4, 0.5) is 11.4 Å². The van der Waals surface area contributed by atoms with Gasteiger partial charge in [0.2, 0.25) is 5.91 Å². The molecule has 1 N–H and O–H groups in total. The summed E-state index contributed by atoms with van der Waals surface area (Å²) in [7, 11) is 1.55. The standard InChI is InChI=1S/C62H84N6O18/c1-45-35-47-41-64-52-39-56(54(75-3)37-50(52)61(73)67(47)43-45)84-17-5-4-6-18-85-57-40-53-51(62(74)68-44-46(2)36-48(68)42-65-53)38-55(57)86-19-8-14-63-58(70)13-20-77-22-24-79-26-28-81-30-32-83-34-33-82-31-29-80-27-25-78-23-21-76-16-7-9-49(69)12-15-66-59(71)10-11-60(66)72/h10-11,37-44,47-48H,4-9,12-36H2,1-3H3,(H,63,70)/t47-,48-/m0/s1. The predicted molar refractivity (Wildman–Crippen MR) is 316 cm³/mol. The fraction of sp³-hybridized carbons (Fsp3) is 0.581.